The number of alkyl halides is 3. The second-order valence-corrected chi connectivity index (χ2v) is 4.21. The summed E-state index contributed by atoms with van der Waals surface area (Å²) in [5, 5.41) is 13.9. The zero-order chi connectivity index (χ0) is 13.9. The van der Waals surface area contributed by atoms with Crippen LogP contribution in [0.3, 0.4) is 0 Å². The molecule has 3 nitrogen and oxygen atoms in total. The van der Waals surface area contributed by atoms with Gasteiger partial charge in [0, 0.05) is 11.3 Å². The van der Waals surface area contributed by atoms with E-state index in [1.807, 2.05) is 6.92 Å². The Morgan fingerprint density at radius 2 is 1.83 bits per heavy atom. The average molecular weight is 264 g/mol. The van der Waals surface area contributed by atoms with Crippen LogP contribution in [0.25, 0.3) is 0 Å². The summed E-state index contributed by atoms with van der Waals surface area (Å²) >= 11 is 0. The van der Waals surface area contributed by atoms with Crippen LogP contribution in [0.2, 0.25) is 0 Å². The summed E-state index contributed by atoms with van der Waals surface area (Å²) in [5.41, 5.74) is 1.62. The Kier molecular flexibility index (Phi) is 4.78. The molecule has 0 aromatic carbocycles. The summed E-state index contributed by atoms with van der Waals surface area (Å²) in [4.78, 5) is 0. The first-order valence-corrected chi connectivity index (χ1v) is 6.17. The first kappa shape index (κ1) is 15.0. The van der Waals surface area contributed by atoms with Crippen molar-refractivity contribution >= 4 is 0 Å². The third-order valence-corrected chi connectivity index (χ3v) is 2.89. The fourth-order valence-corrected chi connectivity index (χ4v) is 2.09. The minimum absolute atomic E-state index is 0.426. The van der Waals surface area contributed by atoms with E-state index in [1.165, 1.54) is 0 Å². The van der Waals surface area contributed by atoms with E-state index in [1.54, 1.807) is 13.8 Å². The van der Waals surface area contributed by atoms with Crippen molar-refractivity contribution in [2.45, 2.75) is 58.9 Å². The van der Waals surface area contributed by atoms with Crippen molar-refractivity contribution < 1.29 is 18.3 Å². The molecule has 6 heteroatoms. The van der Waals surface area contributed by atoms with Gasteiger partial charge in [0.05, 0.1) is 11.8 Å². The molecule has 1 N–H and O–H groups in total. The highest BCUT2D eigenvalue weighted by molar-refractivity contribution is 5.29. The van der Waals surface area contributed by atoms with Crippen LogP contribution in [0, 0.1) is 0 Å². The van der Waals surface area contributed by atoms with Crippen molar-refractivity contribution in [1.29, 1.82) is 0 Å². The van der Waals surface area contributed by atoms with Crippen molar-refractivity contribution in [2.75, 3.05) is 0 Å². The monoisotopic (exact) mass is 264 g/mol. The molecular weight excluding hydrogens is 245 g/mol. The lowest BCUT2D eigenvalue weighted by Gasteiger charge is -2.12. The second kappa shape index (κ2) is 5.73. The molecule has 1 aromatic rings. The van der Waals surface area contributed by atoms with Crippen LogP contribution in [0.4, 0.5) is 13.2 Å². The standard InChI is InChI=1S/C12H19F3N2O/c1-4-8-11(10(18)6-3)9(5-2)17(16-8)7-12(13,14)15/h10,18H,4-7H2,1-3H3. The molecule has 0 fully saturated rings. The van der Waals surface area contributed by atoms with Gasteiger partial charge in [0.2, 0.25) is 0 Å². The van der Waals surface area contributed by atoms with Gasteiger partial charge in [-0.25, -0.2) is 0 Å². The van der Waals surface area contributed by atoms with E-state index in [0.29, 0.717) is 36.2 Å². The van der Waals surface area contributed by atoms with E-state index < -0.39 is 18.8 Å². The molecule has 0 amide bonds. The van der Waals surface area contributed by atoms with Crippen LogP contribution in [0.5, 0.6) is 0 Å². The van der Waals surface area contributed by atoms with Gasteiger partial charge in [-0.2, -0.15) is 18.3 Å². The van der Waals surface area contributed by atoms with Crippen LogP contribution in [0.15, 0.2) is 0 Å². The molecule has 1 unspecified atom stereocenters. The van der Waals surface area contributed by atoms with Crippen LogP contribution >= 0.6 is 0 Å². The fraction of sp³-hybridized carbons (Fsp3) is 0.750. The first-order valence-electron chi connectivity index (χ1n) is 6.17. The molecule has 0 aliphatic rings. The summed E-state index contributed by atoms with van der Waals surface area (Å²) in [6.45, 7) is 4.30. The van der Waals surface area contributed by atoms with Crippen molar-refractivity contribution in [1.82, 2.24) is 9.78 Å². The van der Waals surface area contributed by atoms with Crippen molar-refractivity contribution in [3.63, 3.8) is 0 Å². The third-order valence-electron chi connectivity index (χ3n) is 2.89. The normalized spacial score (nSPS) is 13.9. The Hall–Kier alpha value is -1.04. The molecular formula is C12H19F3N2O. The van der Waals surface area contributed by atoms with Crippen LogP contribution in [-0.4, -0.2) is 21.1 Å². The number of aliphatic hydroxyl groups excluding tert-OH is 1. The van der Waals surface area contributed by atoms with Gasteiger partial charge < -0.3 is 5.11 Å². The molecule has 1 aromatic heterocycles. The highest BCUT2D eigenvalue weighted by atomic mass is 19.4. The van der Waals surface area contributed by atoms with Gasteiger partial charge in [0.1, 0.15) is 6.54 Å². The molecule has 18 heavy (non-hydrogen) atoms. The molecule has 104 valence electrons. The number of halogens is 3. The molecule has 1 rings (SSSR count). The van der Waals surface area contributed by atoms with Crippen molar-refractivity contribution in [2.24, 2.45) is 0 Å². The molecule has 1 heterocycles. The number of aromatic nitrogens is 2. The number of rotatable bonds is 5. The Labute approximate surface area is 105 Å². The third kappa shape index (κ3) is 3.25. The minimum atomic E-state index is -4.30. The Morgan fingerprint density at radius 3 is 2.22 bits per heavy atom. The average Bonchev–Trinajstić information content (AvgIpc) is 2.63. The number of aryl methyl sites for hydroxylation is 1. The minimum Gasteiger partial charge on any atom is -0.388 e. The van der Waals surface area contributed by atoms with Gasteiger partial charge in [-0.1, -0.05) is 20.8 Å². The molecule has 0 saturated carbocycles. The number of nitrogens with zero attached hydrogens (tertiary/aromatic N) is 2. The summed E-state index contributed by atoms with van der Waals surface area (Å²) in [5.74, 6) is 0. The van der Waals surface area contributed by atoms with E-state index in [4.69, 9.17) is 0 Å². The molecule has 0 bridgehead atoms. The second-order valence-electron chi connectivity index (χ2n) is 4.21. The van der Waals surface area contributed by atoms with Crippen LogP contribution in [0.1, 0.15) is 50.2 Å². The first-order chi connectivity index (χ1) is 8.34. The van der Waals surface area contributed by atoms with Crippen molar-refractivity contribution in [3.8, 4) is 0 Å². The fourth-order valence-electron chi connectivity index (χ4n) is 2.09. The molecule has 0 aliphatic carbocycles. The van der Waals surface area contributed by atoms with E-state index >= 15 is 0 Å². The number of hydrogen-bond donors (Lipinski definition) is 1. The quantitative estimate of drug-likeness (QED) is 0.887. The zero-order valence-corrected chi connectivity index (χ0v) is 10.9. The zero-order valence-electron chi connectivity index (χ0n) is 10.9. The van der Waals surface area contributed by atoms with E-state index in [-0.39, 0.29) is 0 Å². The molecule has 0 aliphatic heterocycles. The highest BCUT2D eigenvalue weighted by Crippen LogP contribution is 2.28. The summed E-state index contributed by atoms with van der Waals surface area (Å²) < 4.78 is 38.4. The Bertz CT molecular complexity index is 399. The van der Waals surface area contributed by atoms with E-state index in [9.17, 15) is 18.3 Å². The maximum absolute atomic E-state index is 12.5. The van der Waals surface area contributed by atoms with E-state index in [0.717, 1.165) is 4.68 Å². The lowest BCUT2D eigenvalue weighted by Crippen LogP contribution is -2.20. The summed E-state index contributed by atoms with van der Waals surface area (Å²) in [6, 6.07) is 0. The van der Waals surface area contributed by atoms with Gasteiger partial charge in [-0.3, -0.25) is 4.68 Å². The smallest absolute Gasteiger partial charge is 0.388 e. The highest BCUT2D eigenvalue weighted by Gasteiger charge is 2.31. The predicted octanol–water partition coefficient (Wildman–Crippen LogP) is 3.01. The van der Waals surface area contributed by atoms with Crippen LogP contribution < -0.4 is 0 Å². The summed E-state index contributed by atoms with van der Waals surface area (Å²) in [6.07, 6.45) is -3.62. The van der Waals surface area contributed by atoms with Crippen molar-refractivity contribution in [3.05, 3.63) is 17.0 Å². The topological polar surface area (TPSA) is 38.0 Å². The SMILES string of the molecule is CCc1nn(CC(F)(F)F)c(CC)c1C(O)CC. The Morgan fingerprint density at radius 1 is 1.22 bits per heavy atom. The van der Waals surface area contributed by atoms with Gasteiger partial charge in [-0.15, -0.1) is 0 Å². The lowest BCUT2D eigenvalue weighted by molar-refractivity contribution is -0.143. The molecule has 1 atom stereocenters. The maximum Gasteiger partial charge on any atom is 0.408 e. The predicted molar refractivity (Wildman–Crippen MR) is 62.3 cm³/mol. The number of aliphatic hydroxyl groups is 1. The van der Waals surface area contributed by atoms with Gasteiger partial charge in [-0.05, 0) is 19.3 Å². The number of hydrogen-bond acceptors (Lipinski definition) is 2. The molecule has 0 saturated heterocycles. The molecule has 0 radical (unpaired) electrons. The largest absolute Gasteiger partial charge is 0.408 e. The molecule has 0 spiro atoms. The van der Waals surface area contributed by atoms with Gasteiger partial charge in [0.15, 0.2) is 0 Å². The van der Waals surface area contributed by atoms with Crippen LogP contribution in [-0.2, 0) is 19.4 Å². The van der Waals surface area contributed by atoms with Gasteiger partial charge in [0.25, 0.3) is 0 Å². The van der Waals surface area contributed by atoms with Gasteiger partial charge >= 0.3 is 6.18 Å². The maximum atomic E-state index is 12.5. The van der Waals surface area contributed by atoms with E-state index in [2.05, 4.69) is 5.10 Å². The Balaban J connectivity index is 3.24. The lowest BCUT2D eigenvalue weighted by atomic mass is 10.0. The summed E-state index contributed by atoms with van der Waals surface area (Å²) in [7, 11) is 0.